The van der Waals surface area contributed by atoms with Crippen molar-refractivity contribution >= 4 is 22.9 Å². The molecule has 4 aromatic heterocycles. The summed E-state index contributed by atoms with van der Waals surface area (Å²) in [5.41, 5.74) is 2.60. The van der Waals surface area contributed by atoms with Crippen molar-refractivity contribution in [3.63, 3.8) is 0 Å². The Morgan fingerprint density at radius 3 is 3.12 bits per heavy atom. The van der Waals surface area contributed by atoms with E-state index in [2.05, 4.69) is 25.5 Å². The lowest BCUT2D eigenvalue weighted by atomic mass is 10.3. The molecular weight excluding hydrogens is 328 g/mol. The second kappa shape index (κ2) is 5.85. The molecule has 0 aliphatic heterocycles. The number of thiophene rings is 1. The van der Waals surface area contributed by atoms with Crippen LogP contribution in [-0.2, 0) is 6.54 Å². The number of hydrogen-bond acceptors (Lipinski definition) is 7. The summed E-state index contributed by atoms with van der Waals surface area (Å²) < 4.78 is 6.74. The van der Waals surface area contributed by atoms with Crippen LogP contribution in [0.15, 0.2) is 39.8 Å². The van der Waals surface area contributed by atoms with Gasteiger partial charge in [0.25, 0.3) is 11.8 Å². The summed E-state index contributed by atoms with van der Waals surface area (Å²) in [7, 11) is 0. The molecule has 0 spiro atoms. The van der Waals surface area contributed by atoms with E-state index in [9.17, 15) is 4.79 Å². The third-order valence-corrected chi connectivity index (χ3v) is 4.08. The predicted molar refractivity (Wildman–Crippen MR) is 86.5 cm³/mol. The first kappa shape index (κ1) is 14.5. The Morgan fingerprint density at radius 1 is 1.38 bits per heavy atom. The van der Waals surface area contributed by atoms with Crippen LogP contribution in [0.25, 0.3) is 17.1 Å². The van der Waals surface area contributed by atoms with E-state index < -0.39 is 0 Å². The Balaban J connectivity index is 1.49. The Labute approximate surface area is 140 Å². The Hall–Kier alpha value is -3.07. The van der Waals surface area contributed by atoms with Crippen LogP contribution in [0.5, 0.6) is 0 Å². The molecule has 0 fully saturated rings. The first-order chi connectivity index (χ1) is 11.7. The summed E-state index contributed by atoms with van der Waals surface area (Å²) in [5.74, 6) is 0.559. The number of aryl methyl sites for hydroxylation is 1. The molecule has 0 aliphatic carbocycles. The summed E-state index contributed by atoms with van der Waals surface area (Å²) in [6.45, 7) is 2.02. The fourth-order valence-electron chi connectivity index (χ4n) is 2.20. The molecule has 120 valence electrons. The highest BCUT2D eigenvalue weighted by Crippen LogP contribution is 2.19. The van der Waals surface area contributed by atoms with E-state index >= 15 is 0 Å². The third kappa shape index (κ3) is 2.65. The van der Waals surface area contributed by atoms with Crippen LogP contribution in [-0.4, -0.2) is 30.6 Å². The molecule has 24 heavy (non-hydrogen) atoms. The lowest BCUT2D eigenvalue weighted by Gasteiger charge is -2.01. The maximum absolute atomic E-state index is 12.4. The van der Waals surface area contributed by atoms with Gasteiger partial charge < -0.3 is 9.84 Å². The maximum atomic E-state index is 12.4. The molecule has 0 atom stereocenters. The number of amides is 1. The van der Waals surface area contributed by atoms with Gasteiger partial charge in [-0.25, -0.2) is 9.50 Å². The summed E-state index contributed by atoms with van der Waals surface area (Å²) in [6.07, 6.45) is 3.25. The van der Waals surface area contributed by atoms with Crippen molar-refractivity contribution in [2.45, 2.75) is 13.5 Å². The number of aromatic nitrogens is 5. The minimum absolute atomic E-state index is 0.162. The van der Waals surface area contributed by atoms with Gasteiger partial charge in [0.1, 0.15) is 5.56 Å². The van der Waals surface area contributed by atoms with Gasteiger partial charge in [-0.3, -0.25) is 4.79 Å². The van der Waals surface area contributed by atoms with Crippen LogP contribution in [0.3, 0.4) is 0 Å². The second-order valence-electron chi connectivity index (χ2n) is 5.11. The smallest absolute Gasteiger partial charge is 0.258 e. The Bertz CT molecular complexity index is 1000. The molecule has 0 saturated heterocycles. The zero-order valence-electron chi connectivity index (χ0n) is 12.6. The van der Waals surface area contributed by atoms with Gasteiger partial charge in [0.15, 0.2) is 11.5 Å². The van der Waals surface area contributed by atoms with E-state index in [4.69, 9.17) is 4.52 Å². The van der Waals surface area contributed by atoms with Gasteiger partial charge in [0.2, 0.25) is 0 Å². The van der Waals surface area contributed by atoms with E-state index in [0.29, 0.717) is 22.9 Å². The maximum Gasteiger partial charge on any atom is 0.258 e. The first-order valence-corrected chi connectivity index (χ1v) is 8.09. The van der Waals surface area contributed by atoms with Crippen molar-refractivity contribution in [1.29, 1.82) is 0 Å². The normalized spacial score (nSPS) is 11.0. The van der Waals surface area contributed by atoms with Crippen LogP contribution in [0, 0.1) is 6.92 Å². The molecule has 8 nitrogen and oxygen atoms in total. The van der Waals surface area contributed by atoms with Crippen molar-refractivity contribution in [3.8, 4) is 11.5 Å². The van der Waals surface area contributed by atoms with Crippen molar-refractivity contribution in [2.24, 2.45) is 0 Å². The lowest BCUT2D eigenvalue weighted by molar-refractivity contribution is 0.0951. The minimum atomic E-state index is -0.287. The highest BCUT2D eigenvalue weighted by atomic mass is 32.1. The number of nitrogens with zero attached hydrogens (tertiary/aromatic N) is 5. The van der Waals surface area contributed by atoms with E-state index in [0.717, 1.165) is 11.3 Å². The molecule has 4 heterocycles. The van der Waals surface area contributed by atoms with Gasteiger partial charge in [0.05, 0.1) is 18.3 Å². The predicted octanol–water partition coefficient (Wildman–Crippen LogP) is 2.08. The average Bonchev–Trinajstić information content (AvgIpc) is 3.31. The molecule has 0 aromatic carbocycles. The fourth-order valence-corrected chi connectivity index (χ4v) is 2.83. The van der Waals surface area contributed by atoms with Gasteiger partial charge in [-0.05, 0) is 24.4 Å². The zero-order valence-corrected chi connectivity index (χ0v) is 13.4. The molecule has 0 radical (unpaired) electrons. The van der Waals surface area contributed by atoms with Crippen LogP contribution in [0.4, 0.5) is 0 Å². The fraction of sp³-hybridized carbons (Fsp3) is 0.133. The van der Waals surface area contributed by atoms with Crippen molar-refractivity contribution in [2.75, 3.05) is 0 Å². The van der Waals surface area contributed by atoms with Gasteiger partial charge in [-0.1, -0.05) is 5.16 Å². The van der Waals surface area contributed by atoms with E-state index in [1.165, 1.54) is 6.20 Å². The van der Waals surface area contributed by atoms with E-state index in [1.54, 1.807) is 22.0 Å². The molecule has 1 amide bonds. The standard InChI is InChI=1S/C15H12N6O2S/c1-9-2-4-21-13(18-9)11(6-17-21)14(22)16-7-12-19-15(23-20-12)10-3-5-24-8-10/h2-6,8H,7H2,1H3,(H,16,22). The minimum Gasteiger partial charge on any atom is -0.344 e. The molecule has 0 saturated carbocycles. The quantitative estimate of drug-likeness (QED) is 0.611. The number of carbonyl (C=O) groups excluding carboxylic acids is 1. The molecular formula is C15H12N6O2S. The summed E-state index contributed by atoms with van der Waals surface area (Å²) in [5, 5.41) is 14.6. The largest absolute Gasteiger partial charge is 0.344 e. The monoisotopic (exact) mass is 340 g/mol. The summed E-state index contributed by atoms with van der Waals surface area (Å²) in [4.78, 5) is 21.0. The Morgan fingerprint density at radius 2 is 2.29 bits per heavy atom. The van der Waals surface area contributed by atoms with Gasteiger partial charge >= 0.3 is 0 Å². The van der Waals surface area contributed by atoms with Gasteiger partial charge in [-0.15, -0.1) is 0 Å². The summed E-state index contributed by atoms with van der Waals surface area (Å²) >= 11 is 1.55. The highest BCUT2D eigenvalue weighted by molar-refractivity contribution is 7.08. The Kier molecular flexibility index (Phi) is 3.54. The number of fused-ring (bicyclic) bond motifs is 1. The summed E-state index contributed by atoms with van der Waals surface area (Å²) in [6, 6.07) is 3.72. The van der Waals surface area contributed by atoms with Gasteiger partial charge in [-0.2, -0.15) is 21.4 Å². The van der Waals surface area contributed by atoms with Crippen LogP contribution < -0.4 is 5.32 Å². The molecule has 0 unspecified atom stereocenters. The van der Waals surface area contributed by atoms with Crippen molar-refractivity contribution in [1.82, 2.24) is 30.1 Å². The van der Waals surface area contributed by atoms with Crippen LogP contribution >= 0.6 is 11.3 Å². The molecule has 4 rings (SSSR count). The van der Waals surface area contributed by atoms with Crippen molar-refractivity contribution < 1.29 is 9.32 Å². The second-order valence-corrected chi connectivity index (χ2v) is 5.89. The molecule has 0 aliphatic rings. The molecule has 0 bridgehead atoms. The number of rotatable bonds is 4. The topological polar surface area (TPSA) is 98.2 Å². The molecule has 4 aromatic rings. The zero-order chi connectivity index (χ0) is 16.5. The van der Waals surface area contributed by atoms with Crippen LogP contribution in [0.1, 0.15) is 21.9 Å². The first-order valence-electron chi connectivity index (χ1n) is 7.15. The number of nitrogens with one attached hydrogen (secondary N) is 1. The molecule has 9 heteroatoms. The average molecular weight is 340 g/mol. The third-order valence-electron chi connectivity index (χ3n) is 3.40. The van der Waals surface area contributed by atoms with Crippen LogP contribution in [0.2, 0.25) is 0 Å². The SMILES string of the molecule is Cc1ccn2ncc(C(=O)NCc3noc(-c4ccsc4)n3)c2n1. The van der Waals surface area contributed by atoms with Crippen molar-refractivity contribution in [3.05, 3.63) is 52.4 Å². The van der Waals surface area contributed by atoms with Gasteiger partial charge in [0, 0.05) is 17.3 Å². The highest BCUT2D eigenvalue weighted by Gasteiger charge is 2.15. The van der Waals surface area contributed by atoms with E-state index in [1.807, 2.05) is 29.8 Å². The number of hydrogen-bond donors (Lipinski definition) is 1. The number of carbonyl (C=O) groups is 1. The van der Waals surface area contributed by atoms with E-state index in [-0.39, 0.29) is 12.5 Å². The lowest BCUT2D eigenvalue weighted by Crippen LogP contribution is -2.23. The molecule has 1 N–H and O–H groups in total.